The maximum atomic E-state index is 13.5. The molecule has 4 amide bonds. The first-order valence-electron chi connectivity index (χ1n) is 19.1. The molecule has 22 heteroatoms. The average molecular weight is 901 g/mol. The number of carboxylic acids is 2. The van der Waals surface area contributed by atoms with Crippen LogP contribution in [-0.4, -0.2) is 88.8 Å². The standard InChI is InChI=1S/C37H48N6O6.2C2HF3O2/c38-33(44)21-19-30(41-24-27-12-4-1-5-13-27)35(46)40-23-11-10-18-32(37(48)49-26-29-16-8-3-9-17-29)43-36(47)31(20-22-34(39)45)42-25-28-14-6-2-7-15-28;2*3-2(4,5)1(6)7/h1-9,12-17,30-32,41-42H,10-11,18-26H2,(H2,38,44)(H2,39,45)(H,40,46)(H,43,47);2*(H,6,7)/t30-,31-,32-;;/m0../s1. The topological polar surface area (TPSA) is 269 Å². The van der Waals surface area contributed by atoms with E-state index in [0.717, 1.165) is 16.7 Å². The minimum atomic E-state index is -5.08. The van der Waals surface area contributed by atoms with Crippen molar-refractivity contribution in [2.45, 2.75) is 95.1 Å². The summed E-state index contributed by atoms with van der Waals surface area (Å²) in [4.78, 5) is 80.5. The maximum Gasteiger partial charge on any atom is 0.490 e. The summed E-state index contributed by atoms with van der Waals surface area (Å²) < 4.78 is 69.0. The largest absolute Gasteiger partial charge is 0.490 e. The second-order valence-electron chi connectivity index (χ2n) is 13.4. The van der Waals surface area contributed by atoms with Crippen LogP contribution >= 0.6 is 0 Å². The van der Waals surface area contributed by atoms with E-state index >= 15 is 0 Å². The molecule has 0 unspecified atom stereocenters. The van der Waals surface area contributed by atoms with Crippen molar-refractivity contribution >= 4 is 41.5 Å². The van der Waals surface area contributed by atoms with Gasteiger partial charge in [0.25, 0.3) is 0 Å². The number of aliphatic carboxylic acids is 2. The van der Waals surface area contributed by atoms with Crippen molar-refractivity contribution in [3.63, 3.8) is 0 Å². The highest BCUT2D eigenvalue weighted by atomic mass is 19.4. The summed E-state index contributed by atoms with van der Waals surface area (Å²) in [6.45, 7) is 1.19. The molecule has 0 heterocycles. The van der Waals surface area contributed by atoms with Gasteiger partial charge in [-0.3, -0.25) is 19.2 Å². The molecule has 0 saturated heterocycles. The second kappa shape index (κ2) is 28.9. The number of unbranched alkanes of at least 4 members (excludes halogenated alkanes) is 1. The molecule has 0 saturated carbocycles. The lowest BCUT2D eigenvalue weighted by atomic mass is 10.1. The number of nitrogens with two attached hydrogens (primary N) is 2. The molecule has 0 aliphatic carbocycles. The molecule has 0 radical (unpaired) electrons. The molecule has 3 aromatic rings. The fourth-order valence-electron chi connectivity index (χ4n) is 5.06. The third-order valence-electron chi connectivity index (χ3n) is 8.31. The van der Waals surface area contributed by atoms with Crippen LogP contribution in [0.3, 0.4) is 0 Å². The van der Waals surface area contributed by atoms with Crippen LogP contribution in [0.15, 0.2) is 91.0 Å². The maximum absolute atomic E-state index is 13.5. The molecule has 16 nitrogen and oxygen atoms in total. The number of hydrogen-bond donors (Lipinski definition) is 8. The Morgan fingerprint density at radius 3 is 1.32 bits per heavy atom. The van der Waals surface area contributed by atoms with Gasteiger partial charge in [0.15, 0.2) is 0 Å². The number of esters is 1. The Labute approximate surface area is 358 Å². The van der Waals surface area contributed by atoms with E-state index in [2.05, 4.69) is 21.3 Å². The summed E-state index contributed by atoms with van der Waals surface area (Å²) in [6.07, 6.45) is -8.45. The van der Waals surface area contributed by atoms with E-state index in [0.29, 0.717) is 32.5 Å². The zero-order valence-electron chi connectivity index (χ0n) is 33.8. The van der Waals surface area contributed by atoms with Gasteiger partial charge in [-0.2, -0.15) is 26.3 Å². The van der Waals surface area contributed by atoms with Gasteiger partial charge in [-0.1, -0.05) is 91.0 Å². The number of amides is 4. The van der Waals surface area contributed by atoms with Crippen molar-refractivity contribution in [1.82, 2.24) is 21.3 Å². The third kappa shape index (κ3) is 25.7. The normalized spacial score (nSPS) is 12.3. The Kier molecular flexibility index (Phi) is 25.0. The Morgan fingerprint density at radius 2 is 0.937 bits per heavy atom. The van der Waals surface area contributed by atoms with Crippen LogP contribution in [0, 0.1) is 0 Å². The predicted molar refractivity (Wildman–Crippen MR) is 213 cm³/mol. The zero-order chi connectivity index (χ0) is 47.4. The Bertz CT molecular complexity index is 1850. The van der Waals surface area contributed by atoms with Gasteiger partial charge in [-0.25, -0.2) is 14.4 Å². The first-order chi connectivity index (χ1) is 29.6. The summed E-state index contributed by atoms with van der Waals surface area (Å²) in [6, 6.07) is 26.0. The number of hydrogen-bond acceptors (Lipinski definition) is 10. The Hall–Kier alpha value is -6.55. The van der Waals surface area contributed by atoms with Crippen LogP contribution in [0.25, 0.3) is 0 Å². The minimum absolute atomic E-state index is 0.0106. The predicted octanol–water partition coefficient (Wildman–Crippen LogP) is 3.62. The first kappa shape index (κ1) is 54.5. The molecular formula is C41H50F6N6O10. The average Bonchev–Trinajstić information content (AvgIpc) is 3.22. The van der Waals surface area contributed by atoms with E-state index in [1.165, 1.54) is 0 Å². The summed E-state index contributed by atoms with van der Waals surface area (Å²) in [5.41, 5.74) is 13.5. The van der Waals surface area contributed by atoms with Gasteiger partial charge in [-0.05, 0) is 48.8 Å². The second-order valence-corrected chi connectivity index (χ2v) is 13.4. The van der Waals surface area contributed by atoms with E-state index in [1.807, 2.05) is 91.0 Å². The van der Waals surface area contributed by atoms with Gasteiger partial charge >= 0.3 is 30.3 Å². The van der Waals surface area contributed by atoms with Gasteiger partial charge in [0.05, 0.1) is 12.1 Å². The minimum Gasteiger partial charge on any atom is -0.475 e. The van der Waals surface area contributed by atoms with Crippen molar-refractivity contribution in [2.75, 3.05) is 6.54 Å². The summed E-state index contributed by atoms with van der Waals surface area (Å²) in [5, 5.41) is 26.3. The van der Waals surface area contributed by atoms with Crippen LogP contribution in [0.2, 0.25) is 0 Å². The van der Waals surface area contributed by atoms with Crippen molar-refractivity contribution in [3.05, 3.63) is 108 Å². The molecule has 0 aromatic heterocycles. The molecule has 10 N–H and O–H groups in total. The highest BCUT2D eigenvalue weighted by molar-refractivity contribution is 5.88. The fraction of sp³-hybridized carbons (Fsp3) is 0.390. The highest BCUT2D eigenvalue weighted by Gasteiger charge is 2.39. The van der Waals surface area contributed by atoms with E-state index < -0.39 is 66.1 Å². The smallest absolute Gasteiger partial charge is 0.475 e. The van der Waals surface area contributed by atoms with Crippen molar-refractivity contribution < 1.29 is 74.9 Å². The van der Waals surface area contributed by atoms with Crippen molar-refractivity contribution in [1.29, 1.82) is 0 Å². The lowest BCUT2D eigenvalue weighted by molar-refractivity contribution is -0.193. The molecule has 63 heavy (non-hydrogen) atoms. The van der Waals surface area contributed by atoms with Crippen LogP contribution in [0.1, 0.15) is 61.6 Å². The number of primary amides is 2. The number of nitrogens with one attached hydrogen (secondary N) is 4. The molecule has 0 bridgehead atoms. The summed E-state index contributed by atoms with van der Waals surface area (Å²) in [7, 11) is 0. The Balaban J connectivity index is 0.00000121. The molecule has 0 fully saturated rings. The lowest BCUT2D eigenvalue weighted by Crippen LogP contribution is -2.50. The summed E-state index contributed by atoms with van der Waals surface area (Å²) in [5.74, 6) is -7.83. The van der Waals surface area contributed by atoms with Gasteiger partial charge in [0.2, 0.25) is 23.6 Å². The van der Waals surface area contributed by atoms with Gasteiger partial charge < -0.3 is 47.7 Å². The Morgan fingerprint density at radius 1 is 0.556 bits per heavy atom. The van der Waals surface area contributed by atoms with Gasteiger partial charge in [-0.15, -0.1) is 0 Å². The first-order valence-corrected chi connectivity index (χ1v) is 19.1. The van der Waals surface area contributed by atoms with E-state index in [4.69, 9.17) is 36.0 Å². The summed E-state index contributed by atoms with van der Waals surface area (Å²) >= 11 is 0. The number of alkyl halides is 6. The van der Waals surface area contributed by atoms with E-state index in [1.54, 1.807) is 0 Å². The molecule has 0 spiro atoms. The van der Waals surface area contributed by atoms with E-state index in [-0.39, 0.29) is 44.6 Å². The van der Waals surface area contributed by atoms with Crippen LogP contribution in [-0.2, 0) is 58.0 Å². The third-order valence-corrected chi connectivity index (χ3v) is 8.31. The molecular weight excluding hydrogens is 850 g/mol. The number of carbonyl (C=O) groups excluding carboxylic acids is 5. The monoisotopic (exact) mass is 900 g/mol. The molecule has 0 aliphatic heterocycles. The molecule has 3 rings (SSSR count). The number of carbonyl (C=O) groups is 7. The fourth-order valence-corrected chi connectivity index (χ4v) is 5.06. The van der Waals surface area contributed by atoms with Crippen LogP contribution in [0.5, 0.6) is 0 Å². The number of rotatable bonds is 23. The molecule has 3 atom stereocenters. The highest BCUT2D eigenvalue weighted by Crippen LogP contribution is 2.14. The number of benzene rings is 3. The van der Waals surface area contributed by atoms with E-state index in [9.17, 15) is 50.3 Å². The quantitative estimate of drug-likeness (QED) is 0.0386. The van der Waals surface area contributed by atoms with Crippen LogP contribution in [0.4, 0.5) is 26.3 Å². The lowest BCUT2D eigenvalue weighted by Gasteiger charge is -2.23. The van der Waals surface area contributed by atoms with Gasteiger partial charge in [0.1, 0.15) is 12.6 Å². The van der Waals surface area contributed by atoms with Crippen molar-refractivity contribution in [2.24, 2.45) is 11.5 Å². The zero-order valence-corrected chi connectivity index (χ0v) is 33.8. The molecule has 346 valence electrons. The van der Waals surface area contributed by atoms with Crippen molar-refractivity contribution in [3.8, 4) is 0 Å². The SMILES string of the molecule is NC(=O)CC[C@H](NCc1ccccc1)C(=O)NCCCC[C@H](NC(=O)[C@H](CCC(N)=O)NCc1ccccc1)C(=O)OCc1ccccc1.O=C(O)C(F)(F)F.O=C(O)C(F)(F)F. The number of ether oxygens (including phenoxy) is 1. The number of carboxylic acid groups (broad SMARTS) is 2. The molecule has 3 aromatic carbocycles. The van der Waals surface area contributed by atoms with Gasteiger partial charge in [0, 0.05) is 32.5 Å². The van der Waals surface area contributed by atoms with Crippen LogP contribution < -0.4 is 32.7 Å². The number of halogens is 6. The molecule has 0 aliphatic rings.